The van der Waals surface area contributed by atoms with Gasteiger partial charge in [-0.25, -0.2) is 4.68 Å². The number of benzene rings is 2. The molecule has 0 spiro atoms. The molecule has 0 bridgehead atoms. The summed E-state index contributed by atoms with van der Waals surface area (Å²) in [5.74, 6) is 0.439. The zero-order chi connectivity index (χ0) is 17.6. The second-order valence-corrected chi connectivity index (χ2v) is 5.63. The van der Waals surface area contributed by atoms with E-state index in [0.29, 0.717) is 23.9 Å². The van der Waals surface area contributed by atoms with Crippen LogP contribution in [-0.4, -0.2) is 27.5 Å². The van der Waals surface area contributed by atoms with E-state index in [9.17, 15) is 4.79 Å². The van der Waals surface area contributed by atoms with Crippen molar-refractivity contribution >= 4 is 17.5 Å². The molecule has 0 saturated heterocycles. The smallest absolute Gasteiger partial charge is 0.273 e. The second kappa shape index (κ2) is 7.81. The van der Waals surface area contributed by atoms with Gasteiger partial charge in [-0.15, -0.1) is 5.10 Å². The van der Waals surface area contributed by atoms with Crippen LogP contribution in [0.5, 0.6) is 5.75 Å². The summed E-state index contributed by atoms with van der Waals surface area (Å²) in [5, 5.41) is 11.2. The van der Waals surface area contributed by atoms with Crippen molar-refractivity contribution < 1.29 is 9.53 Å². The highest BCUT2D eigenvalue weighted by Crippen LogP contribution is 2.19. The molecule has 0 aliphatic carbocycles. The van der Waals surface area contributed by atoms with Crippen LogP contribution in [0.15, 0.2) is 54.7 Å². The molecule has 0 saturated carbocycles. The van der Waals surface area contributed by atoms with Gasteiger partial charge in [-0.05, 0) is 25.1 Å². The maximum Gasteiger partial charge on any atom is 0.273 e. The number of halogens is 1. The summed E-state index contributed by atoms with van der Waals surface area (Å²) in [6.45, 7) is 2.83. The monoisotopic (exact) mass is 356 g/mol. The van der Waals surface area contributed by atoms with Gasteiger partial charge in [-0.1, -0.05) is 47.1 Å². The maximum absolute atomic E-state index is 12.3. The molecular formula is C18H17ClN4O2. The molecule has 128 valence electrons. The van der Waals surface area contributed by atoms with E-state index in [-0.39, 0.29) is 11.6 Å². The first-order chi connectivity index (χ1) is 12.2. The third-order valence-electron chi connectivity index (χ3n) is 3.54. The number of hydrogen-bond acceptors (Lipinski definition) is 4. The van der Waals surface area contributed by atoms with E-state index in [1.54, 1.807) is 18.3 Å². The van der Waals surface area contributed by atoms with Gasteiger partial charge >= 0.3 is 0 Å². The van der Waals surface area contributed by atoms with Crippen LogP contribution in [0, 0.1) is 0 Å². The van der Waals surface area contributed by atoms with E-state index >= 15 is 0 Å². The average molecular weight is 357 g/mol. The maximum atomic E-state index is 12.3. The van der Waals surface area contributed by atoms with Crippen molar-refractivity contribution in [3.8, 4) is 11.4 Å². The molecule has 1 amide bonds. The lowest BCUT2D eigenvalue weighted by Crippen LogP contribution is -2.23. The molecule has 7 heteroatoms. The number of aromatic nitrogens is 3. The lowest BCUT2D eigenvalue weighted by Gasteiger charge is -2.10. The van der Waals surface area contributed by atoms with Crippen molar-refractivity contribution in [2.75, 3.05) is 6.61 Å². The second-order valence-electron chi connectivity index (χ2n) is 5.22. The third kappa shape index (κ3) is 3.97. The summed E-state index contributed by atoms with van der Waals surface area (Å²) < 4.78 is 7.03. The van der Waals surface area contributed by atoms with Gasteiger partial charge < -0.3 is 10.1 Å². The molecule has 0 aliphatic rings. The van der Waals surface area contributed by atoms with E-state index in [1.165, 1.54) is 4.68 Å². The zero-order valence-corrected chi connectivity index (χ0v) is 14.4. The number of amides is 1. The lowest BCUT2D eigenvalue weighted by molar-refractivity contribution is 0.0945. The number of carbonyl (C=O) groups excluding carboxylic acids is 1. The molecule has 25 heavy (non-hydrogen) atoms. The summed E-state index contributed by atoms with van der Waals surface area (Å²) >= 11 is 6.13. The summed E-state index contributed by atoms with van der Waals surface area (Å²) in [7, 11) is 0. The van der Waals surface area contributed by atoms with Crippen LogP contribution in [0.25, 0.3) is 5.69 Å². The zero-order valence-electron chi connectivity index (χ0n) is 13.6. The molecular weight excluding hydrogens is 340 g/mol. The van der Waals surface area contributed by atoms with Crippen molar-refractivity contribution in [1.82, 2.24) is 20.3 Å². The molecule has 3 aromatic rings. The lowest BCUT2D eigenvalue weighted by atomic mass is 10.2. The summed E-state index contributed by atoms with van der Waals surface area (Å²) in [4.78, 5) is 12.3. The van der Waals surface area contributed by atoms with Crippen LogP contribution in [0.3, 0.4) is 0 Å². The number of ether oxygens (including phenoxy) is 1. The van der Waals surface area contributed by atoms with E-state index in [0.717, 1.165) is 11.3 Å². The van der Waals surface area contributed by atoms with Crippen LogP contribution < -0.4 is 10.1 Å². The van der Waals surface area contributed by atoms with E-state index in [2.05, 4.69) is 15.6 Å². The number of nitrogens with one attached hydrogen (secondary N) is 1. The highest BCUT2D eigenvalue weighted by molar-refractivity contribution is 6.32. The van der Waals surface area contributed by atoms with Crippen molar-refractivity contribution in [3.05, 3.63) is 71.0 Å². The molecule has 0 atom stereocenters. The molecule has 2 aromatic carbocycles. The summed E-state index contributed by atoms with van der Waals surface area (Å²) in [6.07, 6.45) is 1.55. The molecule has 0 aliphatic heterocycles. The predicted octanol–water partition coefficient (Wildman–Crippen LogP) is 3.25. The van der Waals surface area contributed by atoms with Gasteiger partial charge in [-0.2, -0.15) is 0 Å². The molecule has 0 fully saturated rings. The van der Waals surface area contributed by atoms with Crippen molar-refractivity contribution in [3.63, 3.8) is 0 Å². The van der Waals surface area contributed by atoms with E-state index in [1.807, 2.05) is 43.3 Å². The molecule has 1 N–H and O–H groups in total. The Bertz CT molecular complexity index is 879. The van der Waals surface area contributed by atoms with Crippen molar-refractivity contribution in [2.24, 2.45) is 0 Å². The van der Waals surface area contributed by atoms with Gasteiger partial charge in [0.1, 0.15) is 5.75 Å². The Labute approximate surface area is 150 Å². The highest BCUT2D eigenvalue weighted by Gasteiger charge is 2.13. The Morgan fingerprint density at radius 1 is 1.20 bits per heavy atom. The van der Waals surface area contributed by atoms with Crippen LogP contribution >= 0.6 is 11.6 Å². The van der Waals surface area contributed by atoms with Gasteiger partial charge in [0.2, 0.25) is 0 Å². The summed E-state index contributed by atoms with van der Waals surface area (Å²) in [6, 6.07) is 14.8. The Morgan fingerprint density at radius 2 is 1.96 bits per heavy atom. The van der Waals surface area contributed by atoms with E-state index < -0.39 is 0 Å². The van der Waals surface area contributed by atoms with Crippen LogP contribution in [0.1, 0.15) is 23.0 Å². The van der Waals surface area contributed by atoms with Gasteiger partial charge in [0.05, 0.1) is 23.5 Å². The number of rotatable bonds is 6. The molecule has 0 unspecified atom stereocenters. The largest absolute Gasteiger partial charge is 0.494 e. The van der Waals surface area contributed by atoms with Gasteiger partial charge in [0.25, 0.3) is 5.91 Å². The standard InChI is InChI=1S/C18H17ClN4O2/c1-2-25-17-10-6-3-7-13(17)11-20-18(24)15-12-23(22-21-15)16-9-5-4-8-14(16)19/h3-10,12H,2,11H2,1H3,(H,20,24). The Kier molecular flexibility index (Phi) is 5.30. The molecule has 1 heterocycles. The first kappa shape index (κ1) is 17.0. The minimum Gasteiger partial charge on any atom is -0.494 e. The Hall–Kier alpha value is -2.86. The normalized spacial score (nSPS) is 10.5. The van der Waals surface area contributed by atoms with Gasteiger partial charge in [0.15, 0.2) is 5.69 Å². The molecule has 6 nitrogen and oxygen atoms in total. The van der Waals surface area contributed by atoms with Crippen LogP contribution in [0.2, 0.25) is 5.02 Å². The first-order valence-corrected chi connectivity index (χ1v) is 8.23. The Balaban J connectivity index is 1.70. The predicted molar refractivity (Wildman–Crippen MR) is 95.2 cm³/mol. The fraction of sp³-hybridized carbons (Fsp3) is 0.167. The number of nitrogens with zero attached hydrogens (tertiary/aromatic N) is 3. The number of para-hydroxylation sites is 2. The fourth-order valence-electron chi connectivity index (χ4n) is 2.34. The molecule has 3 rings (SSSR count). The van der Waals surface area contributed by atoms with Gasteiger partial charge in [0, 0.05) is 12.1 Å². The topological polar surface area (TPSA) is 69.0 Å². The molecule has 1 aromatic heterocycles. The molecule has 0 radical (unpaired) electrons. The first-order valence-electron chi connectivity index (χ1n) is 7.85. The van der Waals surface area contributed by atoms with E-state index in [4.69, 9.17) is 16.3 Å². The number of hydrogen-bond donors (Lipinski definition) is 1. The average Bonchev–Trinajstić information content (AvgIpc) is 3.11. The number of carbonyl (C=O) groups is 1. The fourth-order valence-corrected chi connectivity index (χ4v) is 2.56. The van der Waals surface area contributed by atoms with Gasteiger partial charge in [-0.3, -0.25) is 4.79 Å². The van der Waals surface area contributed by atoms with Crippen LogP contribution in [0.4, 0.5) is 0 Å². The summed E-state index contributed by atoms with van der Waals surface area (Å²) in [5.41, 5.74) is 1.78. The Morgan fingerprint density at radius 3 is 2.76 bits per heavy atom. The minimum absolute atomic E-state index is 0.216. The van der Waals surface area contributed by atoms with Crippen LogP contribution in [-0.2, 0) is 6.54 Å². The van der Waals surface area contributed by atoms with Crippen molar-refractivity contribution in [1.29, 1.82) is 0 Å². The quantitative estimate of drug-likeness (QED) is 0.736. The SMILES string of the molecule is CCOc1ccccc1CNC(=O)c1cn(-c2ccccc2Cl)nn1. The van der Waals surface area contributed by atoms with Crippen molar-refractivity contribution in [2.45, 2.75) is 13.5 Å². The third-order valence-corrected chi connectivity index (χ3v) is 3.86. The highest BCUT2D eigenvalue weighted by atomic mass is 35.5. The minimum atomic E-state index is -0.315.